The number of thiophene rings is 1. The smallest absolute Gasteiger partial charge is 0.168 e. The highest BCUT2D eigenvalue weighted by Crippen LogP contribution is 2.25. The zero-order valence-electron chi connectivity index (χ0n) is 8.84. The number of hydrogen-bond donors (Lipinski definition) is 0. The molecule has 1 nitrogen and oxygen atoms in total. The SMILES string of the molecule is O=C(Cc1c(F)ccc(Br)c1F)c1csc(Br)c1. The maximum Gasteiger partial charge on any atom is 0.168 e. The first kappa shape index (κ1) is 13.8. The molecule has 0 spiro atoms. The topological polar surface area (TPSA) is 17.1 Å². The van der Waals surface area contributed by atoms with E-state index in [0.29, 0.717) is 5.56 Å². The molecule has 6 heteroatoms. The van der Waals surface area contributed by atoms with Gasteiger partial charge in [-0.1, -0.05) is 0 Å². The number of Topliss-reactive ketones (excluding diaryl/α,β-unsaturated/α-hetero) is 1. The van der Waals surface area contributed by atoms with Crippen molar-refractivity contribution in [2.75, 3.05) is 0 Å². The summed E-state index contributed by atoms with van der Waals surface area (Å²) in [5, 5.41) is 1.65. The van der Waals surface area contributed by atoms with Crippen LogP contribution in [0.4, 0.5) is 8.78 Å². The fourth-order valence-corrected chi connectivity index (χ4v) is 2.98. The largest absolute Gasteiger partial charge is 0.294 e. The van der Waals surface area contributed by atoms with Gasteiger partial charge in [-0.3, -0.25) is 4.79 Å². The highest BCUT2D eigenvalue weighted by Gasteiger charge is 2.17. The van der Waals surface area contributed by atoms with Gasteiger partial charge >= 0.3 is 0 Å². The zero-order valence-corrected chi connectivity index (χ0v) is 12.8. The van der Waals surface area contributed by atoms with E-state index >= 15 is 0 Å². The lowest BCUT2D eigenvalue weighted by molar-refractivity contribution is 0.0991. The maximum atomic E-state index is 13.7. The van der Waals surface area contributed by atoms with Crippen LogP contribution < -0.4 is 0 Å². The lowest BCUT2D eigenvalue weighted by atomic mass is 10.0. The molecule has 0 N–H and O–H groups in total. The molecule has 2 aromatic rings. The van der Waals surface area contributed by atoms with Crippen LogP contribution >= 0.6 is 43.2 Å². The van der Waals surface area contributed by atoms with Crippen LogP contribution in [0.15, 0.2) is 31.8 Å². The molecule has 0 aliphatic rings. The zero-order chi connectivity index (χ0) is 13.3. The summed E-state index contributed by atoms with van der Waals surface area (Å²) < 4.78 is 28.1. The van der Waals surface area contributed by atoms with Gasteiger partial charge in [0, 0.05) is 22.9 Å². The molecule has 1 aromatic carbocycles. The van der Waals surface area contributed by atoms with Gasteiger partial charge in [-0.05, 0) is 50.1 Å². The molecule has 94 valence electrons. The third kappa shape index (κ3) is 2.87. The number of rotatable bonds is 3. The van der Waals surface area contributed by atoms with Crippen molar-refractivity contribution in [2.24, 2.45) is 0 Å². The van der Waals surface area contributed by atoms with Crippen molar-refractivity contribution in [2.45, 2.75) is 6.42 Å². The first-order valence-corrected chi connectivity index (χ1v) is 7.35. The Kier molecular flexibility index (Phi) is 4.29. The molecule has 1 aromatic heterocycles. The highest BCUT2D eigenvalue weighted by molar-refractivity contribution is 9.11. The van der Waals surface area contributed by atoms with Crippen LogP contribution in [0.25, 0.3) is 0 Å². The number of benzene rings is 1. The van der Waals surface area contributed by atoms with Gasteiger partial charge in [0.25, 0.3) is 0 Å². The molecule has 1 heterocycles. The van der Waals surface area contributed by atoms with Gasteiger partial charge in [0.2, 0.25) is 0 Å². The second kappa shape index (κ2) is 5.59. The van der Waals surface area contributed by atoms with Gasteiger partial charge in [0.05, 0.1) is 8.26 Å². The average Bonchev–Trinajstić information content (AvgIpc) is 2.76. The Labute approximate surface area is 123 Å². The van der Waals surface area contributed by atoms with E-state index in [4.69, 9.17) is 0 Å². The summed E-state index contributed by atoms with van der Waals surface area (Å²) in [6.45, 7) is 0. The molecule has 0 fully saturated rings. The van der Waals surface area contributed by atoms with Gasteiger partial charge in [-0.2, -0.15) is 0 Å². The van der Waals surface area contributed by atoms with Crippen LogP contribution in [-0.2, 0) is 6.42 Å². The predicted molar refractivity (Wildman–Crippen MR) is 74.1 cm³/mol. The molecule has 0 aliphatic heterocycles. The summed E-state index contributed by atoms with van der Waals surface area (Å²) in [7, 11) is 0. The lowest BCUT2D eigenvalue weighted by Crippen LogP contribution is -2.06. The second-order valence-corrected chi connectivity index (χ2v) is 6.71. The van der Waals surface area contributed by atoms with Gasteiger partial charge in [-0.15, -0.1) is 11.3 Å². The molecular weight excluding hydrogens is 390 g/mol. The van der Waals surface area contributed by atoms with Crippen molar-refractivity contribution in [1.29, 1.82) is 0 Å². The van der Waals surface area contributed by atoms with E-state index < -0.39 is 11.6 Å². The Morgan fingerprint density at radius 1 is 1.28 bits per heavy atom. The van der Waals surface area contributed by atoms with Crippen molar-refractivity contribution in [1.82, 2.24) is 0 Å². The second-order valence-electron chi connectivity index (χ2n) is 3.56. The van der Waals surface area contributed by atoms with E-state index in [2.05, 4.69) is 31.9 Å². The number of carbonyl (C=O) groups excluding carboxylic acids is 1. The maximum absolute atomic E-state index is 13.7. The number of carbonyl (C=O) groups is 1. The monoisotopic (exact) mass is 394 g/mol. The van der Waals surface area contributed by atoms with Crippen molar-refractivity contribution < 1.29 is 13.6 Å². The minimum absolute atomic E-state index is 0.151. The van der Waals surface area contributed by atoms with E-state index in [0.717, 1.165) is 9.85 Å². The van der Waals surface area contributed by atoms with Crippen molar-refractivity contribution in [3.63, 3.8) is 0 Å². The Bertz CT molecular complexity index is 610. The summed E-state index contributed by atoms with van der Waals surface area (Å²) in [5.41, 5.74) is 0.238. The third-order valence-corrected chi connectivity index (χ3v) is 4.48. The van der Waals surface area contributed by atoms with Crippen LogP contribution in [0.2, 0.25) is 0 Å². The number of ketones is 1. The predicted octanol–water partition coefficient (Wildman–Crippen LogP) is 4.98. The summed E-state index contributed by atoms with van der Waals surface area (Å²) in [5.74, 6) is -1.75. The quantitative estimate of drug-likeness (QED) is 0.529. The van der Waals surface area contributed by atoms with Gasteiger partial charge in [0.15, 0.2) is 5.78 Å². The molecule has 0 saturated heterocycles. The molecule has 0 atom stereocenters. The van der Waals surface area contributed by atoms with Crippen molar-refractivity contribution in [3.05, 3.63) is 54.6 Å². The van der Waals surface area contributed by atoms with E-state index in [-0.39, 0.29) is 22.2 Å². The standard InChI is InChI=1S/C12H6Br2F2OS/c13-8-1-2-9(15)7(12(8)16)4-10(17)6-3-11(14)18-5-6/h1-3,5H,4H2. The normalized spacial score (nSPS) is 10.7. The Morgan fingerprint density at radius 3 is 2.61 bits per heavy atom. The average molecular weight is 396 g/mol. The minimum Gasteiger partial charge on any atom is -0.294 e. The van der Waals surface area contributed by atoms with E-state index in [1.54, 1.807) is 11.4 Å². The van der Waals surface area contributed by atoms with Crippen LogP contribution in [0.5, 0.6) is 0 Å². The first-order chi connectivity index (χ1) is 8.49. The fourth-order valence-electron chi connectivity index (χ4n) is 1.45. The van der Waals surface area contributed by atoms with Crippen LogP contribution in [0.3, 0.4) is 0 Å². The van der Waals surface area contributed by atoms with Gasteiger partial charge < -0.3 is 0 Å². The lowest BCUT2D eigenvalue weighted by Gasteiger charge is -2.05. The van der Waals surface area contributed by atoms with Crippen LogP contribution in [-0.4, -0.2) is 5.78 Å². The summed E-state index contributed by atoms with van der Waals surface area (Å²) >= 11 is 7.56. The van der Waals surface area contributed by atoms with E-state index in [9.17, 15) is 13.6 Å². The summed E-state index contributed by atoms with van der Waals surface area (Å²) in [4.78, 5) is 11.9. The molecule has 0 amide bonds. The molecule has 0 bridgehead atoms. The Morgan fingerprint density at radius 2 is 2.00 bits per heavy atom. The van der Waals surface area contributed by atoms with Gasteiger partial charge in [0.1, 0.15) is 11.6 Å². The van der Waals surface area contributed by atoms with Crippen LogP contribution in [0.1, 0.15) is 15.9 Å². The third-order valence-electron chi connectivity index (χ3n) is 2.37. The molecular formula is C12H6Br2F2OS. The first-order valence-electron chi connectivity index (χ1n) is 4.88. The van der Waals surface area contributed by atoms with Gasteiger partial charge in [-0.25, -0.2) is 8.78 Å². The molecule has 18 heavy (non-hydrogen) atoms. The Balaban J connectivity index is 2.30. The molecule has 0 radical (unpaired) electrons. The molecule has 0 unspecified atom stereocenters. The number of halogens is 4. The van der Waals surface area contributed by atoms with Crippen LogP contribution in [0, 0.1) is 11.6 Å². The fraction of sp³-hybridized carbons (Fsp3) is 0.0833. The van der Waals surface area contributed by atoms with Crippen molar-refractivity contribution in [3.8, 4) is 0 Å². The van der Waals surface area contributed by atoms with Crippen molar-refractivity contribution >= 4 is 49.0 Å². The summed E-state index contributed by atoms with van der Waals surface area (Å²) in [6.07, 6.45) is -0.291. The van der Waals surface area contributed by atoms with E-state index in [1.165, 1.54) is 17.4 Å². The highest BCUT2D eigenvalue weighted by atomic mass is 79.9. The minimum atomic E-state index is -0.724. The Hall–Kier alpha value is -0.590. The number of hydrogen-bond acceptors (Lipinski definition) is 2. The molecule has 0 saturated carbocycles. The van der Waals surface area contributed by atoms with E-state index in [1.807, 2.05) is 0 Å². The molecule has 2 rings (SSSR count). The summed E-state index contributed by atoms with van der Waals surface area (Å²) in [6, 6.07) is 4.06. The molecule has 0 aliphatic carbocycles.